The maximum absolute atomic E-state index is 11.6. The van der Waals surface area contributed by atoms with Crippen LogP contribution >= 0.6 is 0 Å². The van der Waals surface area contributed by atoms with Gasteiger partial charge in [0.05, 0.1) is 13.7 Å². The molecule has 0 bridgehead atoms. The molecule has 0 fully saturated rings. The lowest BCUT2D eigenvalue weighted by Crippen LogP contribution is -2.07. The van der Waals surface area contributed by atoms with Gasteiger partial charge in [-0.15, -0.1) is 0 Å². The summed E-state index contributed by atoms with van der Waals surface area (Å²) in [6, 6.07) is 8.00. The number of carbonyl (C=O) groups excluding carboxylic acids is 1. The highest BCUT2D eigenvalue weighted by Gasteiger charge is 2.08. The van der Waals surface area contributed by atoms with Crippen LogP contribution in [0.2, 0.25) is 0 Å². The summed E-state index contributed by atoms with van der Waals surface area (Å²) < 4.78 is 10.1. The Hall–Kier alpha value is -1.77. The predicted molar refractivity (Wildman–Crippen MR) is 76.3 cm³/mol. The third kappa shape index (κ3) is 4.78. The summed E-state index contributed by atoms with van der Waals surface area (Å²) in [6.45, 7) is 6.04. The number of aryl methyl sites for hydroxylation is 1. The van der Waals surface area contributed by atoms with E-state index >= 15 is 0 Å². The van der Waals surface area contributed by atoms with E-state index in [0.29, 0.717) is 6.61 Å². The molecule has 104 valence electrons. The van der Waals surface area contributed by atoms with Crippen LogP contribution in [0.25, 0.3) is 0 Å². The van der Waals surface area contributed by atoms with Crippen LogP contribution in [0.15, 0.2) is 35.4 Å². The van der Waals surface area contributed by atoms with Crippen LogP contribution in [0, 0.1) is 0 Å². The molecule has 3 heteroatoms. The molecule has 0 saturated carbocycles. The minimum absolute atomic E-state index is 0.213. The second kappa shape index (κ2) is 7.62. The first-order valence-corrected chi connectivity index (χ1v) is 6.54. The Kier molecular flexibility index (Phi) is 6.13. The zero-order valence-corrected chi connectivity index (χ0v) is 12.2. The first-order chi connectivity index (χ1) is 9.08. The highest BCUT2D eigenvalue weighted by atomic mass is 16.5. The van der Waals surface area contributed by atoms with Gasteiger partial charge in [-0.25, -0.2) is 4.79 Å². The SMILES string of the molecule is CCOC(=O)/C(C)=C(/C)CCc1ccc(OC)cc1. The third-order valence-electron chi connectivity index (χ3n) is 3.17. The van der Waals surface area contributed by atoms with Crippen molar-refractivity contribution in [2.75, 3.05) is 13.7 Å². The summed E-state index contributed by atoms with van der Waals surface area (Å²) in [5.74, 6) is 0.647. The molecule has 1 aromatic rings. The molecule has 1 rings (SSSR count). The number of benzene rings is 1. The van der Waals surface area contributed by atoms with E-state index in [4.69, 9.17) is 9.47 Å². The summed E-state index contributed by atoms with van der Waals surface area (Å²) in [6.07, 6.45) is 1.77. The van der Waals surface area contributed by atoms with Crippen molar-refractivity contribution in [1.29, 1.82) is 0 Å². The van der Waals surface area contributed by atoms with E-state index in [9.17, 15) is 4.79 Å². The van der Waals surface area contributed by atoms with Crippen molar-refractivity contribution in [3.05, 3.63) is 41.0 Å². The predicted octanol–water partition coefficient (Wildman–Crippen LogP) is 3.53. The number of hydrogen-bond donors (Lipinski definition) is 0. The highest BCUT2D eigenvalue weighted by molar-refractivity contribution is 5.88. The van der Waals surface area contributed by atoms with Gasteiger partial charge in [0, 0.05) is 5.57 Å². The summed E-state index contributed by atoms with van der Waals surface area (Å²) in [5.41, 5.74) is 3.03. The smallest absolute Gasteiger partial charge is 0.333 e. The van der Waals surface area contributed by atoms with Crippen molar-refractivity contribution < 1.29 is 14.3 Å². The molecule has 0 atom stereocenters. The molecule has 0 radical (unpaired) electrons. The molecule has 0 aromatic heterocycles. The van der Waals surface area contributed by atoms with E-state index < -0.39 is 0 Å². The van der Waals surface area contributed by atoms with Gasteiger partial charge < -0.3 is 9.47 Å². The molecular weight excluding hydrogens is 240 g/mol. The number of allylic oxidation sites excluding steroid dienone is 1. The second-order valence-electron chi connectivity index (χ2n) is 4.47. The Morgan fingerprint density at radius 3 is 2.32 bits per heavy atom. The number of methoxy groups -OCH3 is 1. The van der Waals surface area contributed by atoms with Gasteiger partial charge >= 0.3 is 5.97 Å². The van der Waals surface area contributed by atoms with Gasteiger partial charge in [0.15, 0.2) is 0 Å². The molecule has 0 spiro atoms. The van der Waals surface area contributed by atoms with Crippen molar-refractivity contribution in [3.8, 4) is 5.75 Å². The average molecular weight is 262 g/mol. The lowest BCUT2D eigenvalue weighted by molar-refractivity contribution is -0.138. The molecule has 0 N–H and O–H groups in total. The molecule has 0 amide bonds. The van der Waals surface area contributed by atoms with Crippen LogP contribution in [0.4, 0.5) is 0 Å². The standard InChI is InChI=1S/C16H22O3/c1-5-19-16(17)13(3)12(2)6-7-14-8-10-15(18-4)11-9-14/h8-11H,5-7H2,1-4H3/b13-12-. The van der Waals surface area contributed by atoms with E-state index in [1.807, 2.05) is 45.0 Å². The Bertz CT molecular complexity index is 444. The lowest BCUT2D eigenvalue weighted by Gasteiger charge is -2.08. The molecule has 19 heavy (non-hydrogen) atoms. The molecule has 0 heterocycles. The number of rotatable bonds is 6. The second-order valence-corrected chi connectivity index (χ2v) is 4.47. The van der Waals surface area contributed by atoms with Crippen LogP contribution < -0.4 is 4.74 Å². The van der Waals surface area contributed by atoms with Gasteiger partial charge in [-0.2, -0.15) is 0 Å². The summed E-state index contributed by atoms with van der Waals surface area (Å²) in [4.78, 5) is 11.6. The fourth-order valence-corrected chi connectivity index (χ4v) is 1.73. The molecule has 0 unspecified atom stereocenters. The zero-order valence-electron chi connectivity index (χ0n) is 12.2. The monoisotopic (exact) mass is 262 g/mol. The van der Waals surface area contributed by atoms with Gasteiger partial charge in [-0.05, 0) is 51.3 Å². The minimum Gasteiger partial charge on any atom is -0.497 e. The molecule has 3 nitrogen and oxygen atoms in total. The first kappa shape index (κ1) is 15.3. The molecule has 0 saturated heterocycles. The quantitative estimate of drug-likeness (QED) is 0.581. The van der Waals surface area contributed by atoms with Crippen molar-refractivity contribution in [2.24, 2.45) is 0 Å². The Balaban J connectivity index is 2.59. The molecule has 0 aliphatic carbocycles. The van der Waals surface area contributed by atoms with Gasteiger partial charge in [-0.1, -0.05) is 17.7 Å². The van der Waals surface area contributed by atoms with Gasteiger partial charge in [0.1, 0.15) is 5.75 Å². The van der Waals surface area contributed by atoms with E-state index in [2.05, 4.69) is 0 Å². The number of carbonyl (C=O) groups is 1. The maximum atomic E-state index is 11.6. The molecular formula is C16H22O3. The summed E-state index contributed by atoms with van der Waals surface area (Å²) >= 11 is 0. The van der Waals surface area contributed by atoms with Crippen molar-refractivity contribution >= 4 is 5.97 Å². The summed E-state index contributed by atoms with van der Waals surface area (Å²) in [5, 5.41) is 0. The van der Waals surface area contributed by atoms with E-state index in [0.717, 1.165) is 29.7 Å². The maximum Gasteiger partial charge on any atom is 0.333 e. The first-order valence-electron chi connectivity index (χ1n) is 6.54. The normalized spacial score (nSPS) is 11.8. The fraction of sp³-hybridized carbons (Fsp3) is 0.438. The van der Waals surface area contributed by atoms with Crippen LogP contribution in [-0.4, -0.2) is 19.7 Å². The number of esters is 1. The van der Waals surface area contributed by atoms with Gasteiger partial charge in [0.2, 0.25) is 0 Å². The molecule has 0 aliphatic heterocycles. The van der Waals surface area contributed by atoms with Crippen LogP contribution in [0.1, 0.15) is 32.8 Å². The lowest BCUT2D eigenvalue weighted by atomic mass is 10.0. The fourth-order valence-electron chi connectivity index (χ4n) is 1.73. The largest absolute Gasteiger partial charge is 0.497 e. The van der Waals surface area contributed by atoms with Crippen LogP contribution in [0.3, 0.4) is 0 Å². The highest BCUT2D eigenvalue weighted by Crippen LogP contribution is 2.16. The Morgan fingerprint density at radius 2 is 1.79 bits per heavy atom. The third-order valence-corrected chi connectivity index (χ3v) is 3.17. The van der Waals surface area contributed by atoms with E-state index in [1.165, 1.54) is 5.56 Å². The number of hydrogen-bond acceptors (Lipinski definition) is 3. The van der Waals surface area contributed by atoms with Gasteiger partial charge in [-0.3, -0.25) is 0 Å². The van der Waals surface area contributed by atoms with Crippen LogP contribution in [0.5, 0.6) is 5.75 Å². The molecule has 0 aliphatic rings. The Morgan fingerprint density at radius 1 is 1.16 bits per heavy atom. The van der Waals surface area contributed by atoms with E-state index in [-0.39, 0.29) is 5.97 Å². The van der Waals surface area contributed by atoms with Crippen molar-refractivity contribution in [1.82, 2.24) is 0 Å². The van der Waals surface area contributed by atoms with Crippen LogP contribution in [-0.2, 0) is 16.0 Å². The number of ether oxygens (including phenoxy) is 2. The Labute approximate surface area is 115 Å². The van der Waals surface area contributed by atoms with E-state index in [1.54, 1.807) is 7.11 Å². The topological polar surface area (TPSA) is 35.5 Å². The average Bonchev–Trinajstić information content (AvgIpc) is 2.44. The van der Waals surface area contributed by atoms with Crippen molar-refractivity contribution in [2.45, 2.75) is 33.6 Å². The van der Waals surface area contributed by atoms with Gasteiger partial charge in [0.25, 0.3) is 0 Å². The summed E-state index contributed by atoms with van der Waals surface area (Å²) in [7, 11) is 1.66. The van der Waals surface area contributed by atoms with Crippen molar-refractivity contribution in [3.63, 3.8) is 0 Å². The minimum atomic E-state index is -0.213. The zero-order chi connectivity index (χ0) is 14.3. The molecule has 1 aromatic carbocycles.